The monoisotopic (exact) mass is 367 g/mol. The number of piperazine rings is 1. The zero-order chi connectivity index (χ0) is 18.8. The number of para-hydroxylation sites is 1. The number of aryl methyl sites for hydroxylation is 1. The first kappa shape index (κ1) is 17.6. The minimum absolute atomic E-state index is 0.0308. The molecule has 2 aliphatic heterocycles. The van der Waals surface area contributed by atoms with E-state index in [9.17, 15) is 9.59 Å². The lowest BCUT2D eigenvalue weighted by Crippen LogP contribution is -2.50. The maximum Gasteiger partial charge on any atom is 0.228 e. The molecule has 2 aliphatic rings. The fourth-order valence-electron chi connectivity index (χ4n) is 4.03. The van der Waals surface area contributed by atoms with E-state index in [-0.39, 0.29) is 17.7 Å². The number of hydrogen-bond donors (Lipinski definition) is 0. The Labute approximate surface area is 159 Å². The van der Waals surface area contributed by atoms with Gasteiger partial charge in [-0.15, -0.1) is 0 Å². The van der Waals surface area contributed by atoms with Crippen LogP contribution >= 0.6 is 0 Å². The molecule has 0 spiro atoms. The summed E-state index contributed by atoms with van der Waals surface area (Å²) < 4.78 is 5.32. The normalized spacial score (nSPS) is 20.4. The van der Waals surface area contributed by atoms with Gasteiger partial charge >= 0.3 is 0 Å². The van der Waals surface area contributed by atoms with Crippen LogP contribution in [0.25, 0.3) is 0 Å². The van der Waals surface area contributed by atoms with Gasteiger partial charge < -0.3 is 19.1 Å². The minimum Gasteiger partial charge on any atom is -0.467 e. The van der Waals surface area contributed by atoms with Gasteiger partial charge in [0.2, 0.25) is 11.8 Å². The number of rotatable bonds is 4. The minimum atomic E-state index is -0.238. The van der Waals surface area contributed by atoms with Crippen LogP contribution in [0, 0.1) is 12.8 Å². The summed E-state index contributed by atoms with van der Waals surface area (Å²) in [5.74, 6) is 0.652. The molecule has 4 rings (SSSR count). The first-order chi connectivity index (χ1) is 13.1. The van der Waals surface area contributed by atoms with Crippen molar-refractivity contribution in [3.63, 3.8) is 0 Å². The van der Waals surface area contributed by atoms with Gasteiger partial charge in [0.05, 0.1) is 18.7 Å². The standard InChI is InChI=1S/C21H25N3O3/c1-16-5-2-3-7-19(16)22-8-10-23(11-9-22)21(26)17-13-20(25)24(14-17)15-18-6-4-12-27-18/h2-7,12,17H,8-11,13-15H2,1H3/t17-/m1/s1. The summed E-state index contributed by atoms with van der Waals surface area (Å²) in [6.45, 7) is 6.10. The third kappa shape index (κ3) is 3.70. The molecule has 2 fully saturated rings. The molecular formula is C21H25N3O3. The summed E-state index contributed by atoms with van der Waals surface area (Å²) in [4.78, 5) is 31.2. The van der Waals surface area contributed by atoms with Crippen molar-refractivity contribution < 1.29 is 14.0 Å². The van der Waals surface area contributed by atoms with E-state index < -0.39 is 0 Å². The molecule has 1 atom stereocenters. The van der Waals surface area contributed by atoms with Crippen LogP contribution in [-0.2, 0) is 16.1 Å². The van der Waals surface area contributed by atoms with Crippen LogP contribution in [-0.4, -0.2) is 54.3 Å². The summed E-state index contributed by atoms with van der Waals surface area (Å²) in [7, 11) is 0. The van der Waals surface area contributed by atoms with E-state index in [1.54, 1.807) is 11.2 Å². The van der Waals surface area contributed by atoms with Gasteiger partial charge in [-0.25, -0.2) is 0 Å². The second-order valence-electron chi connectivity index (χ2n) is 7.35. The highest BCUT2D eigenvalue weighted by atomic mass is 16.3. The van der Waals surface area contributed by atoms with E-state index in [0.717, 1.165) is 18.8 Å². The van der Waals surface area contributed by atoms with Crippen LogP contribution in [0.4, 0.5) is 5.69 Å². The predicted molar refractivity (Wildman–Crippen MR) is 102 cm³/mol. The number of carbonyl (C=O) groups excluding carboxylic acids is 2. The van der Waals surface area contributed by atoms with Gasteiger partial charge in [-0.1, -0.05) is 18.2 Å². The Morgan fingerprint density at radius 1 is 1.11 bits per heavy atom. The lowest BCUT2D eigenvalue weighted by molar-refractivity contribution is -0.136. The lowest BCUT2D eigenvalue weighted by atomic mass is 10.1. The van der Waals surface area contributed by atoms with Crippen molar-refractivity contribution in [2.45, 2.75) is 19.9 Å². The van der Waals surface area contributed by atoms with E-state index in [1.165, 1.54) is 11.3 Å². The molecule has 2 amide bonds. The summed E-state index contributed by atoms with van der Waals surface area (Å²) in [6, 6.07) is 12.0. The molecule has 0 unspecified atom stereocenters. The van der Waals surface area contributed by atoms with Crippen molar-refractivity contribution >= 4 is 17.5 Å². The van der Waals surface area contributed by atoms with Crippen molar-refractivity contribution in [1.29, 1.82) is 0 Å². The predicted octanol–water partition coefficient (Wildman–Crippen LogP) is 2.29. The van der Waals surface area contributed by atoms with Gasteiger partial charge in [-0.05, 0) is 30.7 Å². The first-order valence-corrected chi connectivity index (χ1v) is 9.51. The highest BCUT2D eigenvalue weighted by molar-refractivity contribution is 5.89. The van der Waals surface area contributed by atoms with E-state index in [4.69, 9.17) is 4.42 Å². The molecule has 0 saturated carbocycles. The highest BCUT2D eigenvalue weighted by Crippen LogP contribution is 2.25. The topological polar surface area (TPSA) is 57.0 Å². The van der Waals surface area contributed by atoms with Crippen LogP contribution in [0.5, 0.6) is 0 Å². The third-order valence-electron chi connectivity index (χ3n) is 5.54. The number of hydrogen-bond acceptors (Lipinski definition) is 4. The maximum absolute atomic E-state index is 12.9. The molecule has 0 aliphatic carbocycles. The van der Waals surface area contributed by atoms with Gasteiger partial charge in [-0.2, -0.15) is 0 Å². The van der Waals surface area contributed by atoms with Gasteiger partial charge in [0.15, 0.2) is 0 Å². The van der Waals surface area contributed by atoms with Crippen LogP contribution in [0.1, 0.15) is 17.7 Å². The van der Waals surface area contributed by atoms with Gasteiger partial charge in [0.25, 0.3) is 0 Å². The SMILES string of the molecule is Cc1ccccc1N1CCN(C(=O)[C@@H]2CC(=O)N(Cc3ccco3)C2)CC1. The van der Waals surface area contributed by atoms with Crippen LogP contribution in [0.3, 0.4) is 0 Å². The third-order valence-corrected chi connectivity index (χ3v) is 5.54. The van der Waals surface area contributed by atoms with Crippen molar-refractivity contribution in [2.75, 3.05) is 37.6 Å². The fourth-order valence-corrected chi connectivity index (χ4v) is 4.03. The Balaban J connectivity index is 1.33. The smallest absolute Gasteiger partial charge is 0.228 e. The zero-order valence-electron chi connectivity index (χ0n) is 15.6. The maximum atomic E-state index is 12.9. The Hall–Kier alpha value is -2.76. The number of amides is 2. The van der Waals surface area contributed by atoms with Crippen LogP contribution in [0.2, 0.25) is 0 Å². The van der Waals surface area contributed by atoms with Gasteiger partial charge in [0, 0.05) is 44.8 Å². The highest BCUT2D eigenvalue weighted by Gasteiger charge is 2.37. The zero-order valence-corrected chi connectivity index (χ0v) is 15.6. The molecule has 3 heterocycles. The fraction of sp³-hybridized carbons (Fsp3) is 0.429. The average molecular weight is 367 g/mol. The molecule has 6 heteroatoms. The van der Waals surface area contributed by atoms with Gasteiger partial charge in [-0.3, -0.25) is 9.59 Å². The summed E-state index contributed by atoms with van der Waals surface area (Å²) in [6.07, 6.45) is 1.91. The summed E-state index contributed by atoms with van der Waals surface area (Å²) in [5, 5.41) is 0. The Morgan fingerprint density at radius 3 is 2.59 bits per heavy atom. The molecule has 2 saturated heterocycles. The van der Waals surface area contributed by atoms with Gasteiger partial charge in [0.1, 0.15) is 5.76 Å². The molecule has 0 radical (unpaired) electrons. The number of nitrogens with zero attached hydrogens (tertiary/aromatic N) is 3. The lowest BCUT2D eigenvalue weighted by Gasteiger charge is -2.37. The number of benzene rings is 1. The Kier molecular flexibility index (Phi) is 4.88. The van der Waals surface area contributed by atoms with Crippen molar-refractivity contribution in [1.82, 2.24) is 9.80 Å². The number of furan rings is 1. The average Bonchev–Trinajstić information content (AvgIpc) is 3.32. The van der Waals surface area contributed by atoms with Crippen LogP contribution in [0.15, 0.2) is 47.1 Å². The first-order valence-electron chi connectivity index (χ1n) is 9.51. The van der Waals surface area contributed by atoms with E-state index >= 15 is 0 Å². The van der Waals surface area contributed by atoms with E-state index in [0.29, 0.717) is 32.6 Å². The molecule has 0 bridgehead atoms. The molecule has 6 nitrogen and oxygen atoms in total. The van der Waals surface area contributed by atoms with E-state index in [1.807, 2.05) is 23.1 Å². The molecule has 27 heavy (non-hydrogen) atoms. The molecule has 1 aromatic carbocycles. The second-order valence-corrected chi connectivity index (χ2v) is 7.35. The summed E-state index contributed by atoms with van der Waals surface area (Å²) >= 11 is 0. The Bertz CT molecular complexity index is 810. The van der Waals surface area contributed by atoms with Crippen molar-refractivity contribution in [3.8, 4) is 0 Å². The molecular weight excluding hydrogens is 342 g/mol. The second kappa shape index (κ2) is 7.47. The van der Waals surface area contributed by atoms with Crippen LogP contribution < -0.4 is 4.90 Å². The molecule has 0 N–H and O–H groups in total. The summed E-state index contributed by atoms with van der Waals surface area (Å²) in [5.41, 5.74) is 2.50. The van der Waals surface area contributed by atoms with Crippen molar-refractivity contribution in [2.24, 2.45) is 5.92 Å². The quantitative estimate of drug-likeness (QED) is 0.832. The molecule has 2 aromatic rings. The number of carbonyl (C=O) groups is 2. The largest absolute Gasteiger partial charge is 0.467 e. The molecule has 142 valence electrons. The van der Waals surface area contributed by atoms with E-state index in [2.05, 4.69) is 30.0 Å². The van der Waals surface area contributed by atoms with Crippen molar-refractivity contribution in [3.05, 3.63) is 54.0 Å². The molecule has 1 aromatic heterocycles. The Morgan fingerprint density at radius 2 is 1.89 bits per heavy atom. The number of anilines is 1. The number of likely N-dealkylation sites (tertiary alicyclic amines) is 1.